The van der Waals surface area contributed by atoms with Crippen molar-refractivity contribution in [2.45, 2.75) is 44.1 Å². The highest BCUT2D eigenvalue weighted by molar-refractivity contribution is 4.96. The van der Waals surface area contributed by atoms with Crippen LogP contribution in [0.15, 0.2) is 0 Å². The Kier molecular flexibility index (Phi) is 2.37. The van der Waals surface area contributed by atoms with E-state index in [-0.39, 0.29) is 0 Å². The van der Waals surface area contributed by atoms with Crippen molar-refractivity contribution < 1.29 is 5.11 Å². The van der Waals surface area contributed by atoms with E-state index in [1.807, 2.05) is 0 Å². The largest absolute Gasteiger partial charge is 0.396 e. The van der Waals surface area contributed by atoms with Gasteiger partial charge in [-0.1, -0.05) is 12.8 Å². The molecular weight excluding hydrogens is 150 g/mol. The summed E-state index contributed by atoms with van der Waals surface area (Å²) in [7, 11) is 0. The zero-order valence-electron chi connectivity index (χ0n) is 7.68. The van der Waals surface area contributed by atoms with E-state index >= 15 is 0 Å². The molecule has 1 saturated carbocycles. The van der Waals surface area contributed by atoms with Gasteiger partial charge in [-0.25, -0.2) is 0 Å². The maximum absolute atomic E-state index is 8.99. The van der Waals surface area contributed by atoms with Gasteiger partial charge < -0.3 is 10.4 Å². The van der Waals surface area contributed by atoms with Crippen LogP contribution in [-0.2, 0) is 0 Å². The normalized spacial score (nSPS) is 35.8. The van der Waals surface area contributed by atoms with Gasteiger partial charge in [0.1, 0.15) is 0 Å². The van der Waals surface area contributed by atoms with Crippen molar-refractivity contribution >= 4 is 0 Å². The molecule has 1 aliphatic carbocycles. The molecule has 0 spiro atoms. The van der Waals surface area contributed by atoms with Gasteiger partial charge in [0.25, 0.3) is 0 Å². The second-order valence-electron chi connectivity index (χ2n) is 4.43. The lowest BCUT2D eigenvalue weighted by molar-refractivity contribution is 0.210. The van der Waals surface area contributed by atoms with Crippen molar-refractivity contribution in [3.8, 4) is 0 Å². The molecule has 2 rings (SSSR count). The summed E-state index contributed by atoms with van der Waals surface area (Å²) in [5, 5.41) is 12.6. The molecule has 1 heterocycles. The van der Waals surface area contributed by atoms with Crippen molar-refractivity contribution in [2.75, 3.05) is 13.2 Å². The second kappa shape index (κ2) is 3.35. The van der Waals surface area contributed by atoms with Crippen molar-refractivity contribution in [3.05, 3.63) is 0 Å². The van der Waals surface area contributed by atoms with Crippen LogP contribution in [0.3, 0.4) is 0 Å². The van der Waals surface area contributed by atoms with Gasteiger partial charge in [0.15, 0.2) is 0 Å². The van der Waals surface area contributed by atoms with E-state index in [4.69, 9.17) is 5.11 Å². The topological polar surface area (TPSA) is 32.3 Å². The van der Waals surface area contributed by atoms with E-state index in [1.165, 1.54) is 32.1 Å². The van der Waals surface area contributed by atoms with Crippen molar-refractivity contribution in [2.24, 2.45) is 5.92 Å². The van der Waals surface area contributed by atoms with Crippen LogP contribution in [0, 0.1) is 5.92 Å². The molecule has 0 amide bonds. The molecule has 1 unspecified atom stereocenters. The van der Waals surface area contributed by atoms with Gasteiger partial charge in [0.2, 0.25) is 0 Å². The Morgan fingerprint density at radius 1 is 1.42 bits per heavy atom. The van der Waals surface area contributed by atoms with Crippen LogP contribution in [0.5, 0.6) is 0 Å². The minimum absolute atomic E-state index is 0.329. The Hall–Kier alpha value is -0.0800. The summed E-state index contributed by atoms with van der Waals surface area (Å²) in [6.45, 7) is 1.51. The first kappa shape index (κ1) is 8.52. The summed E-state index contributed by atoms with van der Waals surface area (Å²) < 4.78 is 0. The Bertz CT molecular complexity index is 148. The molecule has 2 heteroatoms. The molecule has 70 valence electrons. The molecule has 0 bridgehead atoms. The van der Waals surface area contributed by atoms with Crippen LogP contribution in [0.25, 0.3) is 0 Å². The Balaban J connectivity index is 1.89. The van der Waals surface area contributed by atoms with Gasteiger partial charge in [0.05, 0.1) is 0 Å². The quantitative estimate of drug-likeness (QED) is 0.664. The smallest absolute Gasteiger partial charge is 0.0448 e. The van der Waals surface area contributed by atoms with Crippen molar-refractivity contribution in [1.29, 1.82) is 0 Å². The average molecular weight is 169 g/mol. The zero-order valence-corrected chi connectivity index (χ0v) is 7.68. The fourth-order valence-corrected chi connectivity index (χ4v) is 2.45. The molecule has 0 aromatic rings. The summed E-state index contributed by atoms with van der Waals surface area (Å²) in [5.74, 6) is 0.974. The molecule has 1 atom stereocenters. The van der Waals surface area contributed by atoms with E-state index in [1.54, 1.807) is 0 Å². The predicted molar refractivity (Wildman–Crippen MR) is 49.0 cm³/mol. The van der Waals surface area contributed by atoms with Gasteiger partial charge in [-0.3, -0.25) is 0 Å². The number of nitrogens with one attached hydrogen (secondary N) is 1. The van der Waals surface area contributed by atoms with Crippen LogP contribution >= 0.6 is 0 Å². The number of hydrogen-bond acceptors (Lipinski definition) is 2. The Morgan fingerprint density at radius 3 is 2.75 bits per heavy atom. The molecule has 1 aliphatic heterocycles. The van der Waals surface area contributed by atoms with E-state index in [0.29, 0.717) is 12.1 Å². The van der Waals surface area contributed by atoms with E-state index in [0.717, 1.165) is 18.9 Å². The van der Waals surface area contributed by atoms with Gasteiger partial charge in [-0.05, 0) is 38.1 Å². The second-order valence-corrected chi connectivity index (χ2v) is 4.43. The van der Waals surface area contributed by atoms with Gasteiger partial charge in [-0.15, -0.1) is 0 Å². The van der Waals surface area contributed by atoms with Gasteiger partial charge in [0, 0.05) is 12.1 Å². The molecular formula is C10H19NO. The van der Waals surface area contributed by atoms with Crippen LogP contribution in [-0.4, -0.2) is 23.8 Å². The highest BCUT2D eigenvalue weighted by Crippen LogP contribution is 2.40. The summed E-state index contributed by atoms with van der Waals surface area (Å²) >= 11 is 0. The lowest BCUT2D eigenvalue weighted by Gasteiger charge is -2.28. The molecule has 12 heavy (non-hydrogen) atoms. The highest BCUT2D eigenvalue weighted by atomic mass is 16.3. The fourth-order valence-electron chi connectivity index (χ4n) is 2.45. The lowest BCUT2D eigenvalue weighted by Crippen LogP contribution is -2.41. The molecule has 0 aromatic heterocycles. The van der Waals surface area contributed by atoms with Crippen LogP contribution in [0.1, 0.15) is 38.5 Å². The molecule has 2 nitrogen and oxygen atoms in total. The first-order chi connectivity index (χ1) is 5.85. The summed E-state index contributed by atoms with van der Waals surface area (Å²) in [6.07, 6.45) is 7.71. The van der Waals surface area contributed by atoms with Crippen molar-refractivity contribution in [3.63, 3.8) is 0 Å². The number of aliphatic hydroxyl groups is 1. The maximum atomic E-state index is 8.99. The van der Waals surface area contributed by atoms with E-state index < -0.39 is 0 Å². The molecule has 0 radical (unpaired) electrons. The molecule has 2 fully saturated rings. The number of hydrogen-bond donors (Lipinski definition) is 2. The SMILES string of the molecule is OCCC1(CC2CC2)CCCN1. The highest BCUT2D eigenvalue weighted by Gasteiger charge is 2.38. The first-order valence-electron chi connectivity index (χ1n) is 5.21. The molecule has 0 aromatic carbocycles. The van der Waals surface area contributed by atoms with Crippen LogP contribution in [0.4, 0.5) is 0 Å². The molecule has 2 aliphatic rings. The number of rotatable bonds is 4. The average Bonchev–Trinajstić information content (AvgIpc) is 2.72. The van der Waals surface area contributed by atoms with Crippen molar-refractivity contribution in [1.82, 2.24) is 5.32 Å². The van der Waals surface area contributed by atoms with Crippen LogP contribution < -0.4 is 5.32 Å². The third kappa shape index (κ3) is 1.80. The monoisotopic (exact) mass is 169 g/mol. The fraction of sp³-hybridized carbons (Fsp3) is 1.00. The standard InChI is InChI=1S/C10H19NO/c12-7-5-10(4-1-6-11-10)8-9-2-3-9/h9,11-12H,1-8H2. The lowest BCUT2D eigenvalue weighted by atomic mass is 9.88. The summed E-state index contributed by atoms with van der Waals surface area (Å²) in [5.41, 5.74) is 0.329. The minimum atomic E-state index is 0.329. The zero-order chi connectivity index (χ0) is 8.44. The summed E-state index contributed by atoms with van der Waals surface area (Å²) in [6, 6.07) is 0. The summed E-state index contributed by atoms with van der Waals surface area (Å²) in [4.78, 5) is 0. The van der Waals surface area contributed by atoms with E-state index in [2.05, 4.69) is 5.32 Å². The molecule has 1 saturated heterocycles. The number of aliphatic hydroxyl groups excluding tert-OH is 1. The Morgan fingerprint density at radius 2 is 2.25 bits per heavy atom. The minimum Gasteiger partial charge on any atom is -0.396 e. The Labute approximate surface area is 74.4 Å². The van der Waals surface area contributed by atoms with Gasteiger partial charge >= 0.3 is 0 Å². The van der Waals surface area contributed by atoms with E-state index in [9.17, 15) is 0 Å². The predicted octanol–water partition coefficient (Wildman–Crippen LogP) is 1.29. The third-order valence-corrected chi connectivity index (χ3v) is 3.30. The van der Waals surface area contributed by atoms with Gasteiger partial charge in [-0.2, -0.15) is 0 Å². The molecule has 2 N–H and O–H groups in total. The van der Waals surface area contributed by atoms with Crippen LogP contribution in [0.2, 0.25) is 0 Å². The first-order valence-corrected chi connectivity index (χ1v) is 5.21. The maximum Gasteiger partial charge on any atom is 0.0448 e. The third-order valence-electron chi connectivity index (χ3n) is 3.30.